The van der Waals surface area contributed by atoms with Crippen LogP contribution in [-0.4, -0.2) is 78.3 Å². The first-order chi connectivity index (χ1) is 22.3. The highest BCUT2D eigenvalue weighted by molar-refractivity contribution is 5.96. The Kier molecular flexibility index (Phi) is 9.38. The molecule has 0 unspecified atom stereocenters. The number of nitrogens with one attached hydrogen (secondary N) is 2. The Balaban J connectivity index is 1.25. The first-order valence-electron chi connectivity index (χ1n) is 16.3. The summed E-state index contributed by atoms with van der Waals surface area (Å²) in [6.45, 7) is 3.24. The number of likely N-dealkylation sites (tertiary alicyclic amines) is 1. The monoisotopic (exact) mass is 622 g/mol. The molecule has 6 rings (SSSR count). The summed E-state index contributed by atoms with van der Waals surface area (Å²) in [6.07, 6.45) is 2.80. The first kappa shape index (κ1) is 31.3. The lowest BCUT2D eigenvalue weighted by atomic mass is 9.77. The number of carbonyl (C=O) groups is 4. The lowest BCUT2D eigenvalue weighted by molar-refractivity contribution is -0.145. The quantitative estimate of drug-likeness (QED) is 0.446. The molecule has 2 N–H and O–H groups in total. The molecule has 9 nitrogen and oxygen atoms in total. The van der Waals surface area contributed by atoms with Crippen molar-refractivity contribution >= 4 is 23.6 Å². The van der Waals surface area contributed by atoms with Crippen LogP contribution in [0.2, 0.25) is 0 Å². The molecule has 0 spiro atoms. The molecule has 0 radical (unpaired) electrons. The van der Waals surface area contributed by atoms with Gasteiger partial charge in [0.25, 0.3) is 5.91 Å². The van der Waals surface area contributed by atoms with Gasteiger partial charge in [-0.05, 0) is 67.3 Å². The lowest BCUT2D eigenvalue weighted by Gasteiger charge is -2.51. The molecule has 0 saturated carbocycles. The number of ether oxygens (including phenoxy) is 1. The third-order valence-electron chi connectivity index (χ3n) is 9.64. The zero-order valence-corrected chi connectivity index (χ0v) is 26.5. The van der Waals surface area contributed by atoms with Gasteiger partial charge in [-0.2, -0.15) is 0 Å². The van der Waals surface area contributed by atoms with E-state index in [0.717, 1.165) is 28.9 Å². The minimum absolute atomic E-state index is 0.0260. The SMILES string of the molecule is COc1ccccc1-c1cccc(C(=O)N2C[C@@H]3C[C@H](C2)[C@@H]2CCCC(=O)N[C@H](C)C(=O)N[C@@H](Cc4ccccc4)C(=O)N2C3)c1. The van der Waals surface area contributed by atoms with E-state index in [1.54, 1.807) is 14.0 Å². The van der Waals surface area contributed by atoms with Gasteiger partial charge in [-0.3, -0.25) is 19.2 Å². The number of nitrogens with zero attached hydrogens (tertiary/aromatic N) is 2. The highest BCUT2D eigenvalue weighted by Gasteiger charge is 2.45. The molecular weight excluding hydrogens is 580 g/mol. The summed E-state index contributed by atoms with van der Waals surface area (Å²) in [7, 11) is 1.64. The smallest absolute Gasteiger partial charge is 0.253 e. The van der Waals surface area contributed by atoms with Crippen LogP contribution in [0.5, 0.6) is 5.75 Å². The molecule has 3 aliphatic rings. The molecule has 3 heterocycles. The number of amides is 4. The zero-order valence-electron chi connectivity index (χ0n) is 26.5. The topological polar surface area (TPSA) is 108 Å². The van der Waals surface area contributed by atoms with E-state index in [9.17, 15) is 19.2 Å². The van der Waals surface area contributed by atoms with E-state index in [0.29, 0.717) is 44.5 Å². The van der Waals surface area contributed by atoms with Crippen LogP contribution >= 0.6 is 0 Å². The third kappa shape index (κ3) is 6.78. The summed E-state index contributed by atoms with van der Waals surface area (Å²) in [5.41, 5.74) is 3.40. The summed E-state index contributed by atoms with van der Waals surface area (Å²) in [5.74, 6) is 0.257. The van der Waals surface area contributed by atoms with Crippen LogP contribution in [0.15, 0.2) is 78.9 Å². The van der Waals surface area contributed by atoms with Crippen molar-refractivity contribution < 1.29 is 23.9 Å². The number of carbonyl (C=O) groups excluding carboxylic acids is 4. The second-order valence-electron chi connectivity index (χ2n) is 12.8. The summed E-state index contributed by atoms with van der Waals surface area (Å²) in [5, 5.41) is 5.75. The van der Waals surface area contributed by atoms with Gasteiger partial charge in [0, 0.05) is 49.6 Å². The summed E-state index contributed by atoms with van der Waals surface area (Å²) in [4.78, 5) is 58.1. The molecular formula is C37H42N4O5. The van der Waals surface area contributed by atoms with E-state index in [1.807, 2.05) is 88.7 Å². The molecule has 9 heteroatoms. The maximum atomic E-state index is 14.3. The fourth-order valence-corrected chi connectivity index (χ4v) is 7.42. The number of hydrogen-bond acceptors (Lipinski definition) is 5. The van der Waals surface area contributed by atoms with Crippen LogP contribution in [0.25, 0.3) is 11.1 Å². The molecule has 2 bridgehead atoms. The van der Waals surface area contributed by atoms with Crippen molar-refractivity contribution in [3.63, 3.8) is 0 Å². The van der Waals surface area contributed by atoms with Crippen molar-refractivity contribution in [3.8, 4) is 16.9 Å². The zero-order chi connectivity index (χ0) is 32.2. The minimum Gasteiger partial charge on any atom is -0.496 e. The van der Waals surface area contributed by atoms with Crippen molar-refractivity contribution in [2.45, 2.75) is 57.2 Å². The van der Waals surface area contributed by atoms with Crippen molar-refractivity contribution in [3.05, 3.63) is 90.0 Å². The highest BCUT2D eigenvalue weighted by Crippen LogP contribution is 2.37. The van der Waals surface area contributed by atoms with E-state index in [-0.39, 0.29) is 47.9 Å². The lowest BCUT2D eigenvalue weighted by Crippen LogP contribution is -2.63. The van der Waals surface area contributed by atoms with Crippen LogP contribution in [0.1, 0.15) is 48.5 Å². The summed E-state index contributed by atoms with van der Waals surface area (Å²) < 4.78 is 5.56. The molecule has 5 atom stereocenters. The van der Waals surface area contributed by atoms with Gasteiger partial charge in [-0.1, -0.05) is 60.7 Å². The van der Waals surface area contributed by atoms with Gasteiger partial charge in [0.05, 0.1) is 7.11 Å². The number of benzene rings is 3. The van der Waals surface area contributed by atoms with Gasteiger partial charge in [0.1, 0.15) is 17.8 Å². The molecule has 3 saturated heterocycles. The second kappa shape index (κ2) is 13.8. The Bertz CT molecular complexity index is 1590. The molecule has 4 amide bonds. The largest absolute Gasteiger partial charge is 0.496 e. The standard InChI is InChI=1S/C37H42N4O5/c1-24-35(43)39-31(19-25-10-4-3-5-11-25)37(45)41-22-26-18-29(32(41)15-9-17-34(42)38-24)23-40(21-26)36(44)28-13-8-12-27(20-28)30-14-6-7-16-33(30)46-2/h3-8,10-14,16,20,24,26,29,31-32H,9,15,17-19,21-23H2,1-2H3,(H,38,42)(H,39,43)/t24-,26+,29-,31+,32+/m1/s1. The van der Waals surface area contributed by atoms with E-state index < -0.39 is 12.1 Å². The van der Waals surface area contributed by atoms with Gasteiger partial charge in [-0.25, -0.2) is 0 Å². The number of piperidine rings is 2. The van der Waals surface area contributed by atoms with Crippen molar-refractivity contribution in [2.24, 2.45) is 11.8 Å². The van der Waals surface area contributed by atoms with E-state index in [4.69, 9.17) is 4.74 Å². The van der Waals surface area contributed by atoms with Crippen molar-refractivity contribution in [1.29, 1.82) is 0 Å². The molecule has 240 valence electrons. The van der Waals surface area contributed by atoms with Gasteiger partial charge >= 0.3 is 0 Å². The summed E-state index contributed by atoms with van der Waals surface area (Å²) in [6, 6.07) is 23.5. The first-order valence-corrected chi connectivity index (χ1v) is 16.3. The number of fused-ring (bicyclic) bond motifs is 4. The van der Waals surface area contributed by atoms with Crippen molar-refractivity contribution in [2.75, 3.05) is 26.7 Å². The Hall–Kier alpha value is -4.66. The minimum atomic E-state index is -0.759. The number of hydrogen-bond donors (Lipinski definition) is 2. The number of rotatable bonds is 5. The van der Waals surface area contributed by atoms with Crippen molar-refractivity contribution in [1.82, 2.24) is 20.4 Å². The molecule has 0 aliphatic carbocycles. The second-order valence-corrected chi connectivity index (χ2v) is 12.8. The maximum Gasteiger partial charge on any atom is 0.253 e. The Morgan fingerprint density at radius 3 is 2.50 bits per heavy atom. The Morgan fingerprint density at radius 2 is 1.70 bits per heavy atom. The maximum absolute atomic E-state index is 14.3. The van der Waals surface area contributed by atoms with Crippen LogP contribution in [0.4, 0.5) is 0 Å². The summed E-state index contributed by atoms with van der Waals surface area (Å²) >= 11 is 0. The third-order valence-corrected chi connectivity index (χ3v) is 9.64. The van der Waals surface area contributed by atoms with Gasteiger partial charge < -0.3 is 25.2 Å². The normalized spacial score (nSPS) is 25.3. The highest BCUT2D eigenvalue weighted by atomic mass is 16.5. The van der Waals surface area contributed by atoms with Gasteiger partial charge in [0.2, 0.25) is 17.7 Å². The molecule has 3 fully saturated rings. The van der Waals surface area contributed by atoms with Crippen LogP contribution < -0.4 is 15.4 Å². The Morgan fingerprint density at radius 1 is 0.913 bits per heavy atom. The number of para-hydroxylation sites is 1. The average molecular weight is 623 g/mol. The predicted octanol–water partition coefficient (Wildman–Crippen LogP) is 4.07. The molecule has 3 aliphatic heterocycles. The van der Waals surface area contributed by atoms with E-state index in [1.165, 1.54) is 0 Å². The fraction of sp³-hybridized carbons (Fsp3) is 0.405. The molecule has 3 aromatic carbocycles. The molecule has 46 heavy (non-hydrogen) atoms. The number of methoxy groups -OCH3 is 1. The van der Waals surface area contributed by atoms with Gasteiger partial charge in [-0.15, -0.1) is 0 Å². The van der Waals surface area contributed by atoms with E-state index >= 15 is 0 Å². The molecule has 3 aromatic rings. The molecule has 0 aromatic heterocycles. The van der Waals surface area contributed by atoms with Gasteiger partial charge in [0.15, 0.2) is 0 Å². The van der Waals surface area contributed by atoms with Crippen LogP contribution in [0, 0.1) is 11.8 Å². The van der Waals surface area contributed by atoms with E-state index in [2.05, 4.69) is 10.6 Å². The van der Waals surface area contributed by atoms with Crippen LogP contribution in [0.3, 0.4) is 0 Å². The fourth-order valence-electron chi connectivity index (χ4n) is 7.42. The van der Waals surface area contributed by atoms with Crippen LogP contribution in [-0.2, 0) is 20.8 Å². The predicted molar refractivity (Wildman–Crippen MR) is 175 cm³/mol. The Labute approximate surface area is 270 Å². The average Bonchev–Trinajstić information content (AvgIpc) is 3.08.